The Kier molecular flexibility index (Phi) is 3.00. The fourth-order valence-electron chi connectivity index (χ4n) is 3.42. The second-order valence-corrected chi connectivity index (χ2v) is 5.85. The van der Waals surface area contributed by atoms with Gasteiger partial charge in [-0.05, 0) is 6.92 Å². The van der Waals surface area contributed by atoms with E-state index in [1.165, 1.54) is 6.33 Å². The molecule has 0 radical (unpaired) electrons. The quantitative estimate of drug-likeness (QED) is 0.652. The van der Waals surface area contributed by atoms with Crippen LogP contribution in [0.25, 0.3) is 11.2 Å². The number of nitrogen functional groups attached to an aromatic ring is 1. The van der Waals surface area contributed by atoms with Gasteiger partial charge in [0.2, 0.25) is 5.95 Å². The molecule has 0 spiro atoms. The lowest BCUT2D eigenvalue weighted by molar-refractivity contribution is -0.365. The monoisotopic (exact) mass is 323 g/mol. The molecule has 2 fully saturated rings. The van der Waals surface area contributed by atoms with Crippen LogP contribution < -0.4 is 11.3 Å². The van der Waals surface area contributed by atoms with Crippen LogP contribution in [-0.2, 0) is 14.2 Å². The van der Waals surface area contributed by atoms with E-state index in [-0.39, 0.29) is 30.1 Å². The first-order valence-electron chi connectivity index (χ1n) is 7.20. The van der Waals surface area contributed by atoms with Crippen molar-refractivity contribution in [1.82, 2.24) is 19.5 Å². The second-order valence-electron chi connectivity index (χ2n) is 5.85. The van der Waals surface area contributed by atoms with Gasteiger partial charge in [0.15, 0.2) is 17.0 Å². The van der Waals surface area contributed by atoms with Gasteiger partial charge in [0, 0.05) is 7.11 Å². The van der Waals surface area contributed by atoms with Crippen LogP contribution in [-0.4, -0.2) is 56.3 Å². The minimum Gasteiger partial charge on any atom is -0.394 e. The number of aliphatic hydroxyl groups excluding tert-OH is 1. The Labute approximate surface area is 130 Å². The normalized spacial score (nSPS) is 36.1. The summed E-state index contributed by atoms with van der Waals surface area (Å²) in [5, 5.41) is 9.49. The number of hydrogen-bond acceptors (Lipinski definition) is 8. The molecule has 0 aromatic carbocycles. The number of aromatic amines is 1. The Hall–Kier alpha value is -2.01. The molecule has 0 saturated carbocycles. The maximum atomic E-state index is 11.9. The zero-order valence-electron chi connectivity index (χ0n) is 12.6. The van der Waals surface area contributed by atoms with Crippen LogP contribution >= 0.6 is 0 Å². The van der Waals surface area contributed by atoms with Crippen molar-refractivity contribution in [2.75, 3.05) is 19.5 Å². The van der Waals surface area contributed by atoms with E-state index >= 15 is 0 Å². The largest absolute Gasteiger partial charge is 0.394 e. The predicted molar refractivity (Wildman–Crippen MR) is 77.3 cm³/mol. The highest BCUT2D eigenvalue weighted by atomic mass is 16.7. The van der Waals surface area contributed by atoms with Crippen LogP contribution in [0.2, 0.25) is 0 Å². The van der Waals surface area contributed by atoms with Gasteiger partial charge in [0.1, 0.15) is 18.4 Å². The van der Waals surface area contributed by atoms with Crippen molar-refractivity contribution in [3.63, 3.8) is 0 Å². The Morgan fingerprint density at radius 3 is 3.09 bits per heavy atom. The number of rotatable bonds is 3. The van der Waals surface area contributed by atoms with E-state index in [2.05, 4.69) is 15.0 Å². The van der Waals surface area contributed by atoms with E-state index in [4.69, 9.17) is 19.9 Å². The minimum absolute atomic E-state index is 0.00290. The molecule has 124 valence electrons. The molecule has 10 nitrogen and oxygen atoms in total. The highest BCUT2D eigenvalue weighted by Gasteiger charge is 2.65. The Morgan fingerprint density at radius 2 is 2.39 bits per heavy atom. The SMILES string of the molecule is CO[C@]1(C)OC2C(CO)OC(n3cnc4c(=O)[nH]c(N)nc43)C21. The lowest BCUT2D eigenvalue weighted by Crippen LogP contribution is -2.61. The third kappa shape index (κ3) is 1.86. The maximum absolute atomic E-state index is 11.9. The molecule has 4 unspecified atom stereocenters. The summed E-state index contributed by atoms with van der Waals surface area (Å²) in [6, 6.07) is 0. The number of anilines is 1. The van der Waals surface area contributed by atoms with Gasteiger partial charge >= 0.3 is 0 Å². The van der Waals surface area contributed by atoms with Gasteiger partial charge in [0.05, 0.1) is 18.9 Å². The zero-order chi connectivity index (χ0) is 16.4. The van der Waals surface area contributed by atoms with E-state index in [1.54, 1.807) is 18.6 Å². The molecular formula is C13H17N5O5. The highest BCUT2D eigenvalue weighted by molar-refractivity contribution is 5.70. The number of hydrogen-bond donors (Lipinski definition) is 3. The predicted octanol–water partition coefficient (Wildman–Crippen LogP) is -1.03. The fourth-order valence-corrected chi connectivity index (χ4v) is 3.42. The summed E-state index contributed by atoms with van der Waals surface area (Å²) in [5.41, 5.74) is 5.70. The Balaban J connectivity index is 1.82. The van der Waals surface area contributed by atoms with Crippen LogP contribution in [0.3, 0.4) is 0 Å². The van der Waals surface area contributed by atoms with Gasteiger partial charge in [-0.25, -0.2) is 4.98 Å². The molecule has 4 rings (SSSR count). The molecule has 2 aliphatic heterocycles. The smallest absolute Gasteiger partial charge is 0.280 e. The van der Waals surface area contributed by atoms with Crippen LogP contribution in [0.4, 0.5) is 5.95 Å². The minimum atomic E-state index is -0.845. The summed E-state index contributed by atoms with van der Waals surface area (Å²) in [6.07, 6.45) is 0.161. The molecule has 2 saturated heterocycles. The second kappa shape index (κ2) is 4.74. The van der Waals surface area contributed by atoms with Gasteiger partial charge < -0.3 is 25.1 Å². The number of nitrogens with one attached hydrogen (secondary N) is 1. The van der Waals surface area contributed by atoms with Crippen LogP contribution in [0.1, 0.15) is 13.2 Å². The van der Waals surface area contributed by atoms with Crippen LogP contribution in [0.15, 0.2) is 11.1 Å². The van der Waals surface area contributed by atoms with Crippen LogP contribution in [0, 0.1) is 5.92 Å². The molecule has 4 heterocycles. The zero-order valence-corrected chi connectivity index (χ0v) is 12.6. The number of fused-ring (bicyclic) bond motifs is 2. The first-order valence-corrected chi connectivity index (χ1v) is 7.20. The standard InChI is InChI=1S/C13H17N5O5/c1-13(21-2)6-8(23-13)5(3-19)22-11(6)18-4-15-7-9(18)16-12(14)17-10(7)20/h4-6,8,11,19H,3H2,1-2H3,(H3,14,16,17,20)/t5?,6?,8?,11?,13-/m1/s1. The molecule has 4 N–H and O–H groups in total. The van der Waals surface area contributed by atoms with Crippen LogP contribution in [0.5, 0.6) is 0 Å². The average Bonchev–Trinajstić information content (AvgIpc) is 3.05. The molecule has 5 atom stereocenters. The summed E-state index contributed by atoms with van der Waals surface area (Å²) < 4.78 is 18.7. The van der Waals surface area contributed by atoms with Crippen molar-refractivity contribution in [2.45, 2.75) is 31.1 Å². The third-order valence-electron chi connectivity index (χ3n) is 4.63. The Morgan fingerprint density at radius 1 is 1.61 bits per heavy atom. The van der Waals surface area contributed by atoms with Crippen molar-refractivity contribution >= 4 is 17.1 Å². The molecule has 2 aromatic heterocycles. The van der Waals surface area contributed by atoms with E-state index in [0.29, 0.717) is 5.65 Å². The lowest BCUT2D eigenvalue weighted by Gasteiger charge is -2.49. The first-order chi connectivity index (χ1) is 11.0. The number of methoxy groups -OCH3 is 1. The number of ether oxygens (including phenoxy) is 3. The molecule has 0 aliphatic carbocycles. The van der Waals surface area contributed by atoms with E-state index < -0.39 is 23.7 Å². The molecule has 23 heavy (non-hydrogen) atoms. The van der Waals surface area contributed by atoms with Gasteiger partial charge in [-0.15, -0.1) is 0 Å². The molecular weight excluding hydrogens is 306 g/mol. The van der Waals surface area contributed by atoms with E-state index in [0.717, 1.165) is 0 Å². The summed E-state index contributed by atoms with van der Waals surface area (Å²) in [6.45, 7) is 1.62. The summed E-state index contributed by atoms with van der Waals surface area (Å²) in [5.74, 6) is -1.02. The lowest BCUT2D eigenvalue weighted by atomic mass is 9.84. The van der Waals surface area contributed by atoms with Gasteiger partial charge in [-0.3, -0.25) is 14.3 Å². The average molecular weight is 323 g/mol. The van der Waals surface area contributed by atoms with Crippen molar-refractivity contribution in [1.29, 1.82) is 0 Å². The number of nitrogens with zero attached hydrogens (tertiary/aromatic N) is 3. The van der Waals surface area contributed by atoms with Gasteiger partial charge in [-0.1, -0.05) is 0 Å². The van der Waals surface area contributed by atoms with Crippen molar-refractivity contribution in [3.05, 3.63) is 16.7 Å². The number of imidazole rings is 1. The van der Waals surface area contributed by atoms with E-state index in [1.807, 2.05) is 0 Å². The maximum Gasteiger partial charge on any atom is 0.280 e. The van der Waals surface area contributed by atoms with Gasteiger partial charge in [-0.2, -0.15) is 4.98 Å². The molecule has 10 heteroatoms. The molecule has 2 aromatic rings. The summed E-state index contributed by atoms with van der Waals surface area (Å²) in [4.78, 5) is 22.6. The Bertz CT molecular complexity index is 819. The number of nitrogens with two attached hydrogens (primary N) is 1. The highest BCUT2D eigenvalue weighted by Crippen LogP contribution is 2.53. The van der Waals surface area contributed by atoms with Crippen molar-refractivity contribution in [3.8, 4) is 0 Å². The van der Waals surface area contributed by atoms with Gasteiger partial charge in [0.25, 0.3) is 5.56 Å². The molecule has 0 bridgehead atoms. The summed E-state index contributed by atoms with van der Waals surface area (Å²) >= 11 is 0. The third-order valence-corrected chi connectivity index (χ3v) is 4.63. The number of aliphatic hydroxyl groups is 1. The first kappa shape index (κ1) is 14.6. The fraction of sp³-hybridized carbons (Fsp3) is 0.615. The number of aromatic nitrogens is 4. The molecule has 2 aliphatic rings. The molecule has 0 amide bonds. The van der Waals surface area contributed by atoms with Crippen molar-refractivity contribution in [2.24, 2.45) is 5.92 Å². The van der Waals surface area contributed by atoms with E-state index in [9.17, 15) is 9.90 Å². The topological polar surface area (TPSA) is 138 Å². The number of H-pyrrole nitrogens is 1. The summed E-state index contributed by atoms with van der Waals surface area (Å²) in [7, 11) is 1.55. The van der Waals surface area contributed by atoms with Crippen molar-refractivity contribution < 1.29 is 19.3 Å².